The molecule has 7 heteroatoms. The Morgan fingerprint density at radius 2 is 1.52 bits per heavy atom. The summed E-state index contributed by atoms with van der Waals surface area (Å²) in [7, 11) is 7.95. The van der Waals surface area contributed by atoms with Gasteiger partial charge in [0, 0.05) is 50.8 Å². The van der Waals surface area contributed by atoms with Gasteiger partial charge in [0.2, 0.25) is 0 Å². The molecule has 0 unspecified atom stereocenters. The minimum absolute atomic E-state index is 0.0773. The lowest BCUT2D eigenvalue weighted by atomic mass is 9.93. The Hall–Kier alpha value is -3.45. The average Bonchev–Trinajstić information content (AvgIpc) is 3.07. The number of Topliss-reactive ketones (excluding diaryl/α,β-unsaturated/α-hetero) is 1. The molecule has 1 aromatic heterocycles. The lowest BCUT2D eigenvalue weighted by Crippen LogP contribution is -2.39. The van der Waals surface area contributed by atoms with Gasteiger partial charge in [-0.1, -0.05) is 35.6 Å². The summed E-state index contributed by atoms with van der Waals surface area (Å²) in [4.78, 5) is 35.5. The van der Waals surface area contributed by atoms with Crippen LogP contribution in [0.1, 0.15) is 31.0 Å². The molecule has 0 fully saturated rings. The smallest absolute Gasteiger partial charge is 0.271 e. The molecule has 0 N–H and O–H groups in total. The van der Waals surface area contributed by atoms with E-state index < -0.39 is 6.04 Å². The van der Waals surface area contributed by atoms with Gasteiger partial charge in [0.25, 0.3) is 5.56 Å². The van der Waals surface area contributed by atoms with Crippen molar-refractivity contribution in [2.45, 2.75) is 19.9 Å². The molecule has 1 aliphatic rings. The molecule has 4 rings (SSSR count). The Balaban J connectivity index is 1.88. The maximum Gasteiger partial charge on any atom is 0.271 e. The fraction of sp³-hybridized carbons (Fsp3) is 0.269. The number of benzene rings is 2. The Kier molecular flexibility index (Phi) is 6.08. The summed E-state index contributed by atoms with van der Waals surface area (Å²) < 4.78 is 2.26. The first kappa shape index (κ1) is 22.7. The second-order valence-electron chi connectivity index (χ2n) is 8.61. The number of rotatable bonds is 5. The predicted octanol–water partition coefficient (Wildman–Crippen LogP) is 2.96. The highest BCUT2D eigenvalue weighted by Crippen LogP contribution is 2.31. The standard InChI is InChI=1S/C26H28N4O2S/c1-16-23(17(2)31)24(19-9-13-21(14-10-19)29(5)6)30-25(32)22(33-26(30)27-16)15-18-7-11-20(12-8-18)28(3)4/h7-15,24H,1-6H3/t24-/m1/s1. The largest absolute Gasteiger partial charge is 0.378 e. The molecule has 2 aromatic carbocycles. The predicted molar refractivity (Wildman–Crippen MR) is 136 cm³/mol. The van der Waals surface area contributed by atoms with Crippen molar-refractivity contribution >= 4 is 34.6 Å². The van der Waals surface area contributed by atoms with E-state index in [2.05, 4.69) is 4.99 Å². The molecule has 0 saturated heterocycles. The third-order valence-corrected chi connectivity index (χ3v) is 6.82. The average molecular weight is 461 g/mol. The molecule has 0 bridgehead atoms. The van der Waals surface area contributed by atoms with Crippen LogP contribution in [0.4, 0.5) is 11.4 Å². The zero-order chi connectivity index (χ0) is 23.9. The second kappa shape index (κ2) is 8.83. The van der Waals surface area contributed by atoms with Crippen LogP contribution >= 0.6 is 11.3 Å². The second-order valence-corrected chi connectivity index (χ2v) is 9.62. The number of ketones is 1. The van der Waals surface area contributed by atoms with Gasteiger partial charge < -0.3 is 9.80 Å². The highest BCUT2D eigenvalue weighted by atomic mass is 32.1. The fourth-order valence-electron chi connectivity index (χ4n) is 4.06. The summed E-state index contributed by atoms with van der Waals surface area (Å²) >= 11 is 1.36. The number of anilines is 2. The van der Waals surface area contributed by atoms with Crippen molar-refractivity contribution in [3.63, 3.8) is 0 Å². The zero-order valence-corrected chi connectivity index (χ0v) is 20.6. The lowest BCUT2D eigenvalue weighted by molar-refractivity contribution is -0.114. The zero-order valence-electron chi connectivity index (χ0n) is 19.8. The van der Waals surface area contributed by atoms with Crippen LogP contribution in [0.5, 0.6) is 0 Å². The van der Waals surface area contributed by atoms with E-state index in [1.165, 1.54) is 18.3 Å². The molecule has 1 atom stereocenters. The minimum atomic E-state index is -0.492. The molecule has 0 saturated carbocycles. The van der Waals surface area contributed by atoms with Crippen molar-refractivity contribution in [3.05, 3.63) is 90.6 Å². The van der Waals surface area contributed by atoms with Gasteiger partial charge in [-0.15, -0.1) is 0 Å². The van der Waals surface area contributed by atoms with Crippen molar-refractivity contribution in [3.8, 4) is 0 Å². The summed E-state index contributed by atoms with van der Waals surface area (Å²) in [5.74, 6) is -0.0773. The molecular formula is C26H28N4O2S. The summed E-state index contributed by atoms with van der Waals surface area (Å²) in [6, 6.07) is 15.5. The Labute approximate surface area is 197 Å². The van der Waals surface area contributed by atoms with Gasteiger partial charge in [0.15, 0.2) is 10.6 Å². The van der Waals surface area contributed by atoms with Gasteiger partial charge in [0.1, 0.15) is 0 Å². The Bertz CT molecular complexity index is 1410. The first-order chi connectivity index (χ1) is 15.7. The van der Waals surface area contributed by atoms with Crippen LogP contribution in [0, 0.1) is 0 Å². The molecule has 3 aromatic rings. The van der Waals surface area contributed by atoms with Gasteiger partial charge >= 0.3 is 0 Å². The third-order valence-electron chi connectivity index (χ3n) is 5.83. The minimum Gasteiger partial charge on any atom is -0.378 e. The van der Waals surface area contributed by atoms with Crippen molar-refractivity contribution in [1.29, 1.82) is 0 Å². The molecule has 0 amide bonds. The summed E-state index contributed by atoms with van der Waals surface area (Å²) in [6.45, 7) is 3.38. The topological polar surface area (TPSA) is 57.9 Å². The quantitative estimate of drug-likeness (QED) is 0.588. The van der Waals surface area contributed by atoms with Gasteiger partial charge in [0.05, 0.1) is 10.6 Å². The monoisotopic (exact) mass is 460 g/mol. The highest BCUT2D eigenvalue weighted by molar-refractivity contribution is 7.07. The number of thiazole rings is 1. The molecule has 170 valence electrons. The first-order valence-corrected chi connectivity index (χ1v) is 11.6. The van der Waals surface area contributed by atoms with E-state index in [0.717, 1.165) is 22.5 Å². The van der Waals surface area contributed by atoms with Crippen molar-refractivity contribution in [2.24, 2.45) is 4.99 Å². The number of hydrogen-bond acceptors (Lipinski definition) is 6. The number of fused-ring (bicyclic) bond motifs is 1. The molecular weight excluding hydrogens is 432 g/mol. The molecule has 0 radical (unpaired) electrons. The number of carbonyl (C=O) groups excluding carboxylic acids is 1. The molecule has 0 aliphatic carbocycles. The first-order valence-electron chi connectivity index (χ1n) is 10.8. The normalized spacial score (nSPS) is 15.8. The number of nitrogens with zero attached hydrogens (tertiary/aromatic N) is 4. The molecule has 2 heterocycles. The lowest BCUT2D eigenvalue weighted by Gasteiger charge is -2.25. The van der Waals surface area contributed by atoms with Crippen LogP contribution in [0.15, 0.2) is 69.6 Å². The summed E-state index contributed by atoms with van der Waals surface area (Å²) in [5, 5.41) is 0. The highest BCUT2D eigenvalue weighted by Gasteiger charge is 2.30. The van der Waals surface area contributed by atoms with E-state index in [0.29, 0.717) is 20.6 Å². The van der Waals surface area contributed by atoms with E-state index >= 15 is 0 Å². The van der Waals surface area contributed by atoms with Gasteiger partial charge in [-0.3, -0.25) is 14.2 Å². The third kappa shape index (κ3) is 4.28. The molecule has 6 nitrogen and oxygen atoms in total. The van der Waals surface area contributed by atoms with Crippen LogP contribution in [0.25, 0.3) is 6.08 Å². The van der Waals surface area contributed by atoms with Crippen LogP contribution < -0.4 is 24.7 Å². The summed E-state index contributed by atoms with van der Waals surface area (Å²) in [6.07, 6.45) is 1.89. The van der Waals surface area contributed by atoms with E-state index in [-0.39, 0.29) is 11.3 Å². The van der Waals surface area contributed by atoms with Gasteiger partial charge in [-0.25, -0.2) is 4.99 Å². The van der Waals surface area contributed by atoms with E-state index in [1.54, 1.807) is 4.57 Å². The Morgan fingerprint density at radius 3 is 2.03 bits per heavy atom. The maximum absolute atomic E-state index is 13.6. The van der Waals surface area contributed by atoms with Crippen LogP contribution in [0.2, 0.25) is 0 Å². The molecule has 1 aliphatic heterocycles. The number of aromatic nitrogens is 1. The van der Waals surface area contributed by atoms with Gasteiger partial charge in [-0.05, 0) is 55.3 Å². The van der Waals surface area contributed by atoms with E-state index in [1.807, 2.05) is 99.5 Å². The Morgan fingerprint density at radius 1 is 0.970 bits per heavy atom. The van der Waals surface area contributed by atoms with Crippen LogP contribution in [-0.4, -0.2) is 38.5 Å². The fourth-order valence-corrected chi connectivity index (χ4v) is 5.11. The number of allylic oxidation sites excluding steroid dienone is 2. The van der Waals surface area contributed by atoms with Crippen molar-refractivity contribution in [1.82, 2.24) is 4.57 Å². The van der Waals surface area contributed by atoms with Crippen molar-refractivity contribution in [2.75, 3.05) is 38.0 Å². The van der Waals surface area contributed by atoms with E-state index in [9.17, 15) is 9.59 Å². The molecule has 0 spiro atoms. The van der Waals surface area contributed by atoms with Crippen molar-refractivity contribution < 1.29 is 4.79 Å². The maximum atomic E-state index is 13.6. The number of hydrogen-bond donors (Lipinski definition) is 0. The summed E-state index contributed by atoms with van der Waals surface area (Å²) in [5.41, 5.74) is 5.06. The van der Waals surface area contributed by atoms with E-state index in [4.69, 9.17) is 0 Å². The molecule has 33 heavy (non-hydrogen) atoms. The SMILES string of the molecule is CC(=O)C1=C(C)N=c2sc(=Cc3ccc(N(C)C)cc3)c(=O)n2[C@@H]1c1ccc(N(C)C)cc1. The van der Waals surface area contributed by atoms with Crippen LogP contribution in [-0.2, 0) is 4.79 Å². The number of carbonyl (C=O) groups is 1. The van der Waals surface area contributed by atoms with Gasteiger partial charge in [-0.2, -0.15) is 0 Å². The van der Waals surface area contributed by atoms with Crippen LogP contribution in [0.3, 0.4) is 0 Å².